The summed E-state index contributed by atoms with van der Waals surface area (Å²) >= 11 is 5.82. The molecule has 0 fully saturated rings. The van der Waals surface area contributed by atoms with E-state index in [1.54, 1.807) is 12.1 Å². The van der Waals surface area contributed by atoms with Crippen molar-refractivity contribution in [2.45, 2.75) is 23.6 Å². The van der Waals surface area contributed by atoms with Gasteiger partial charge in [0.1, 0.15) is 20.8 Å². The molecule has 0 atom stereocenters. The van der Waals surface area contributed by atoms with E-state index in [9.17, 15) is 26.5 Å². The van der Waals surface area contributed by atoms with Crippen LogP contribution in [-0.4, -0.2) is 36.3 Å². The molecule has 0 radical (unpaired) electrons. The Kier molecular flexibility index (Phi) is 9.04. The van der Waals surface area contributed by atoms with E-state index in [4.69, 9.17) is 15.8 Å². The fourth-order valence-electron chi connectivity index (χ4n) is 3.21. The fourth-order valence-corrected chi connectivity index (χ4v) is 5.06. The maximum absolute atomic E-state index is 12.4. The van der Waals surface area contributed by atoms with Gasteiger partial charge in [-0.25, -0.2) is 8.42 Å². The zero-order chi connectivity index (χ0) is 27.0. The van der Waals surface area contributed by atoms with Crippen LogP contribution in [0.3, 0.4) is 0 Å². The minimum absolute atomic E-state index is 0. The summed E-state index contributed by atoms with van der Waals surface area (Å²) in [5, 5.41) is 22.7. The normalized spacial score (nSPS) is 11.9. The number of benzene rings is 3. The number of halogens is 1. The summed E-state index contributed by atoms with van der Waals surface area (Å²) in [5.74, 6) is -0.502. The van der Waals surface area contributed by atoms with Gasteiger partial charge in [0.15, 0.2) is 5.69 Å². The van der Waals surface area contributed by atoms with Gasteiger partial charge >= 0.3 is 39.7 Å². The molecule has 0 bridgehead atoms. The second kappa shape index (κ2) is 11.5. The van der Waals surface area contributed by atoms with E-state index >= 15 is 0 Å². The molecule has 0 aliphatic rings. The molecule has 15 heteroatoms. The predicted molar refractivity (Wildman–Crippen MR) is 133 cm³/mol. The van der Waals surface area contributed by atoms with Crippen LogP contribution in [0.4, 0.5) is 11.4 Å². The number of hydrogen-bond donors (Lipinski definition) is 1. The van der Waals surface area contributed by atoms with Crippen LogP contribution < -0.4 is 33.7 Å². The van der Waals surface area contributed by atoms with Crippen LogP contribution in [0.2, 0.25) is 5.02 Å². The van der Waals surface area contributed by atoms with E-state index in [1.165, 1.54) is 55.5 Å². The van der Waals surface area contributed by atoms with Gasteiger partial charge in [-0.05, 0) is 68.4 Å². The first-order valence-corrected chi connectivity index (χ1v) is 13.6. The largest absolute Gasteiger partial charge is 1.00 e. The quantitative estimate of drug-likeness (QED) is 0.149. The first kappa shape index (κ1) is 29.8. The first-order valence-electron chi connectivity index (χ1n) is 10.4. The molecular weight excluding hydrogens is 567 g/mol. The summed E-state index contributed by atoms with van der Waals surface area (Å²) in [6.07, 6.45) is 0. The molecule has 0 aliphatic heterocycles. The summed E-state index contributed by atoms with van der Waals surface area (Å²) in [6.45, 7) is 3.33. The average Bonchev–Trinajstić information content (AvgIpc) is 3.11. The molecule has 4 rings (SSSR count). The number of aromatic hydroxyl groups is 1. The minimum atomic E-state index is -4.93. The van der Waals surface area contributed by atoms with Crippen molar-refractivity contribution in [1.29, 1.82) is 0 Å². The van der Waals surface area contributed by atoms with Gasteiger partial charge in [-0.1, -0.05) is 29.3 Å². The molecule has 0 saturated heterocycles. The number of aromatic nitrogens is 2. The molecule has 3 aromatic carbocycles. The van der Waals surface area contributed by atoms with E-state index in [0.29, 0.717) is 5.69 Å². The van der Waals surface area contributed by atoms with Crippen molar-refractivity contribution < 1.29 is 60.2 Å². The number of aryl methyl sites for hydroxylation is 2. The van der Waals surface area contributed by atoms with Crippen molar-refractivity contribution >= 4 is 43.2 Å². The van der Waals surface area contributed by atoms with Crippen LogP contribution in [0, 0.1) is 13.8 Å². The van der Waals surface area contributed by atoms with E-state index in [0.717, 1.165) is 16.3 Å². The van der Waals surface area contributed by atoms with Gasteiger partial charge in [0.2, 0.25) is 5.88 Å². The van der Waals surface area contributed by atoms with Crippen LogP contribution in [0.15, 0.2) is 86.7 Å². The van der Waals surface area contributed by atoms with Crippen molar-refractivity contribution in [3.05, 3.63) is 83.0 Å². The number of azo groups is 1. The van der Waals surface area contributed by atoms with Gasteiger partial charge in [0.25, 0.3) is 0 Å². The van der Waals surface area contributed by atoms with Gasteiger partial charge in [-0.3, -0.25) is 0 Å². The molecule has 4 aromatic rings. The Hall–Kier alpha value is -2.78. The third-order valence-corrected chi connectivity index (χ3v) is 7.40. The van der Waals surface area contributed by atoms with Gasteiger partial charge in [-0.2, -0.15) is 23.3 Å². The van der Waals surface area contributed by atoms with E-state index in [-0.39, 0.29) is 62.3 Å². The second-order valence-electron chi connectivity index (χ2n) is 7.78. The van der Waals surface area contributed by atoms with Crippen molar-refractivity contribution in [2.24, 2.45) is 10.2 Å². The predicted octanol–water partition coefficient (Wildman–Crippen LogP) is 1.94. The van der Waals surface area contributed by atoms with Gasteiger partial charge in [0, 0.05) is 5.02 Å². The summed E-state index contributed by atoms with van der Waals surface area (Å²) < 4.78 is 65.9. The standard InChI is InChI=1S/C23H19ClN4O7S2.Na/c1-14-3-10-19(11-4-14)37(33,34)35-18-8-6-17(7-9-18)25-26-22-15(2)27-28(23(22)29)20-12-5-16(24)13-21(20)36(30,31)32;/h3-13,29H,1-2H3,(H,30,31,32);/q;+1/p-1. The Morgan fingerprint density at radius 1 is 0.947 bits per heavy atom. The Labute approximate surface area is 245 Å². The number of rotatable bonds is 7. The molecule has 0 unspecified atom stereocenters. The van der Waals surface area contributed by atoms with Gasteiger partial charge in [0.05, 0.1) is 22.0 Å². The topological polar surface area (TPSA) is 163 Å². The Bertz CT molecular complexity index is 1720. The van der Waals surface area contributed by atoms with Crippen molar-refractivity contribution in [3.8, 4) is 17.3 Å². The van der Waals surface area contributed by atoms with E-state index in [1.807, 2.05) is 6.92 Å². The van der Waals surface area contributed by atoms with Gasteiger partial charge in [-0.15, -0.1) is 5.11 Å². The van der Waals surface area contributed by atoms with E-state index in [2.05, 4.69) is 15.3 Å². The zero-order valence-corrected chi connectivity index (χ0v) is 24.6. The molecule has 11 nitrogen and oxygen atoms in total. The molecule has 0 amide bonds. The van der Waals surface area contributed by atoms with E-state index < -0.39 is 31.0 Å². The SMILES string of the molecule is Cc1ccc(S(=O)(=O)Oc2ccc(N=Nc3c(C)nn(-c4ccc(Cl)cc4S(=O)(=O)[O-])c3O)cc2)cc1.[Na+]. The smallest absolute Gasteiger partial charge is 0.744 e. The van der Waals surface area contributed by atoms with Gasteiger partial charge < -0.3 is 13.8 Å². The minimum Gasteiger partial charge on any atom is -0.744 e. The molecule has 38 heavy (non-hydrogen) atoms. The fraction of sp³-hybridized carbons (Fsp3) is 0.0870. The summed E-state index contributed by atoms with van der Waals surface area (Å²) in [7, 11) is -8.95. The van der Waals surface area contributed by atoms with Crippen molar-refractivity contribution in [2.75, 3.05) is 0 Å². The molecule has 1 heterocycles. The molecule has 0 saturated carbocycles. The summed E-state index contributed by atoms with van der Waals surface area (Å²) in [5.41, 5.74) is 1.10. The molecule has 1 aromatic heterocycles. The third kappa shape index (κ3) is 6.61. The molecule has 1 N–H and O–H groups in total. The van der Waals surface area contributed by atoms with Crippen molar-refractivity contribution in [1.82, 2.24) is 9.78 Å². The first-order chi connectivity index (χ1) is 17.3. The van der Waals surface area contributed by atoms with Crippen LogP contribution in [0.25, 0.3) is 5.69 Å². The molecule has 192 valence electrons. The number of nitrogens with zero attached hydrogens (tertiary/aromatic N) is 4. The summed E-state index contributed by atoms with van der Waals surface area (Å²) in [6, 6.07) is 15.4. The Morgan fingerprint density at radius 3 is 2.18 bits per heavy atom. The molecule has 0 spiro atoms. The van der Waals surface area contributed by atoms with Crippen LogP contribution in [-0.2, 0) is 20.2 Å². The maximum atomic E-state index is 12.4. The zero-order valence-electron chi connectivity index (χ0n) is 20.2. The maximum Gasteiger partial charge on any atom is 1.00 e. The molecular formula is C23H18ClN4NaO7S2. The van der Waals surface area contributed by atoms with Crippen LogP contribution in [0.1, 0.15) is 11.3 Å². The Morgan fingerprint density at radius 2 is 1.58 bits per heavy atom. The monoisotopic (exact) mass is 584 g/mol. The molecule has 0 aliphatic carbocycles. The number of hydrogen-bond acceptors (Lipinski definition) is 10. The Balaban J connectivity index is 0.00000400. The van der Waals surface area contributed by atoms with Crippen LogP contribution in [0.5, 0.6) is 11.6 Å². The second-order valence-corrected chi connectivity index (χ2v) is 11.1. The summed E-state index contributed by atoms with van der Waals surface area (Å²) in [4.78, 5) is -0.657. The van der Waals surface area contributed by atoms with Crippen LogP contribution >= 0.6 is 11.6 Å². The third-order valence-electron chi connectivity index (χ3n) is 5.04. The average molecular weight is 585 g/mol. The van der Waals surface area contributed by atoms with Crippen molar-refractivity contribution in [3.63, 3.8) is 0 Å².